The van der Waals surface area contributed by atoms with Gasteiger partial charge in [-0.25, -0.2) is 9.48 Å². The molecule has 2 aromatic rings. The lowest BCUT2D eigenvalue weighted by molar-refractivity contribution is 0.0688. The minimum Gasteiger partial charge on any atom is -0.476 e. The summed E-state index contributed by atoms with van der Waals surface area (Å²) in [7, 11) is 0. The van der Waals surface area contributed by atoms with Crippen LogP contribution in [0.15, 0.2) is 12.1 Å². The monoisotopic (exact) mass is 287 g/mol. The van der Waals surface area contributed by atoms with Crippen LogP contribution in [0.5, 0.6) is 0 Å². The number of hydrogen-bond donors (Lipinski definition) is 1. The number of aryl methyl sites for hydroxylation is 3. The highest BCUT2D eigenvalue weighted by Crippen LogP contribution is 2.22. The van der Waals surface area contributed by atoms with Crippen LogP contribution in [0.2, 0.25) is 0 Å². The van der Waals surface area contributed by atoms with Crippen molar-refractivity contribution in [3.8, 4) is 0 Å². The van der Waals surface area contributed by atoms with Gasteiger partial charge in [-0.1, -0.05) is 36.8 Å². The number of hydrogen-bond acceptors (Lipinski definition) is 3. The molecule has 21 heavy (non-hydrogen) atoms. The first-order valence-electron chi connectivity index (χ1n) is 7.04. The molecule has 5 heteroatoms. The van der Waals surface area contributed by atoms with E-state index in [2.05, 4.69) is 43.2 Å². The fourth-order valence-corrected chi connectivity index (χ4v) is 2.77. The van der Waals surface area contributed by atoms with Crippen LogP contribution < -0.4 is 0 Å². The Morgan fingerprint density at radius 3 is 2.29 bits per heavy atom. The average Bonchev–Trinajstić information content (AvgIpc) is 2.77. The summed E-state index contributed by atoms with van der Waals surface area (Å²) < 4.78 is 1.71. The third-order valence-corrected chi connectivity index (χ3v) is 3.67. The Kier molecular flexibility index (Phi) is 4.11. The number of aromatic carboxylic acids is 1. The third-order valence-electron chi connectivity index (χ3n) is 3.67. The van der Waals surface area contributed by atoms with Gasteiger partial charge in [0.05, 0.1) is 12.2 Å². The molecule has 0 saturated heterocycles. The largest absolute Gasteiger partial charge is 0.476 e. The summed E-state index contributed by atoms with van der Waals surface area (Å²) in [4.78, 5) is 11.3. The first kappa shape index (κ1) is 15.2. The van der Waals surface area contributed by atoms with Crippen molar-refractivity contribution < 1.29 is 9.90 Å². The van der Waals surface area contributed by atoms with E-state index in [9.17, 15) is 9.90 Å². The van der Waals surface area contributed by atoms with Crippen LogP contribution >= 0.6 is 0 Å². The molecule has 5 nitrogen and oxygen atoms in total. The van der Waals surface area contributed by atoms with E-state index >= 15 is 0 Å². The Hall–Kier alpha value is -2.17. The van der Waals surface area contributed by atoms with Gasteiger partial charge in [0, 0.05) is 0 Å². The van der Waals surface area contributed by atoms with Gasteiger partial charge in [0.2, 0.25) is 0 Å². The molecule has 0 saturated carbocycles. The van der Waals surface area contributed by atoms with Crippen molar-refractivity contribution in [1.82, 2.24) is 15.0 Å². The van der Waals surface area contributed by atoms with Crippen LogP contribution in [0.25, 0.3) is 0 Å². The number of benzene rings is 1. The zero-order valence-electron chi connectivity index (χ0n) is 13.1. The topological polar surface area (TPSA) is 68.0 Å². The van der Waals surface area contributed by atoms with Gasteiger partial charge < -0.3 is 5.11 Å². The molecule has 0 aliphatic heterocycles. The number of carboxylic acid groups (broad SMARTS) is 1. The SMILES string of the molecule is Cc1cc(C)c(Cn2nnc(C(=O)O)c2C(C)C)c(C)c1. The Morgan fingerprint density at radius 2 is 1.81 bits per heavy atom. The molecular weight excluding hydrogens is 266 g/mol. The van der Waals surface area contributed by atoms with Crippen LogP contribution in [-0.4, -0.2) is 26.1 Å². The van der Waals surface area contributed by atoms with Crippen molar-refractivity contribution in [1.29, 1.82) is 0 Å². The number of carbonyl (C=O) groups is 1. The molecule has 112 valence electrons. The molecule has 0 bridgehead atoms. The molecule has 1 N–H and O–H groups in total. The van der Waals surface area contributed by atoms with Gasteiger partial charge in [-0.2, -0.15) is 0 Å². The van der Waals surface area contributed by atoms with E-state index in [1.165, 1.54) is 22.3 Å². The Labute approximate surface area is 124 Å². The second-order valence-corrected chi connectivity index (χ2v) is 5.82. The van der Waals surface area contributed by atoms with Crippen LogP contribution in [0.1, 0.15) is 58.2 Å². The molecule has 0 fully saturated rings. The lowest BCUT2D eigenvalue weighted by atomic mass is 9.99. The zero-order valence-corrected chi connectivity index (χ0v) is 13.1. The quantitative estimate of drug-likeness (QED) is 0.938. The standard InChI is InChI=1S/C16H21N3O2/c1-9(2)15-14(16(20)21)17-18-19(15)8-13-11(4)6-10(3)7-12(13)5/h6-7,9H,8H2,1-5H3,(H,20,21). The lowest BCUT2D eigenvalue weighted by Gasteiger charge is -2.14. The van der Waals surface area contributed by atoms with E-state index in [0.717, 1.165) is 0 Å². The molecule has 1 aromatic heterocycles. The van der Waals surface area contributed by atoms with Gasteiger partial charge in [0.1, 0.15) is 0 Å². The first-order valence-corrected chi connectivity index (χ1v) is 7.04. The molecule has 0 atom stereocenters. The molecule has 0 unspecified atom stereocenters. The first-order chi connectivity index (χ1) is 9.81. The smallest absolute Gasteiger partial charge is 0.358 e. The second-order valence-electron chi connectivity index (χ2n) is 5.82. The average molecular weight is 287 g/mol. The normalized spacial score (nSPS) is 11.1. The van der Waals surface area contributed by atoms with Crippen molar-refractivity contribution >= 4 is 5.97 Å². The maximum absolute atomic E-state index is 11.3. The molecule has 0 spiro atoms. The van der Waals surface area contributed by atoms with Gasteiger partial charge >= 0.3 is 5.97 Å². The highest BCUT2D eigenvalue weighted by molar-refractivity contribution is 5.86. The van der Waals surface area contributed by atoms with E-state index in [1.54, 1.807) is 4.68 Å². The minimum atomic E-state index is -1.03. The highest BCUT2D eigenvalue weighted by atomic mass is 16.4. The van der Waals surface area contributed by atoms with Gasteiger partial charge in [-0.05, 0) is 43.4 Å². The van der Waals surface area contributed by atoms with Gasteiger partial charge in [0.25, 0.3) is 0 Å². The maximum atomic E-state index is 11.3. The molecule has 1 aromatic carbocycles. The predicted molar refractivity (Wildman–Crippen MR) is 80.8 cm³/mol. The van der Waals surface area contributed by atoms with Crippen LogP contribution in [-0.2, 0) is 6.54 Å². The van der Waals surface area contributed by atoms with E-state index in [0.29, 0.717) is 12.2 Å². The predicted octanol–water partition coefficient (Wildman–Crippen LogP) is 3.07. The molecular formula is C16H21N3O2. The summed E-state index contributed by atoms with van der Waals surface area (Å²) in [6, 6.07) is 4.26. The summed E-state index contributed by atoms with van der Waals surface area (Å²) in [5, 5.41) is 17.1. The van der Waals surface area contributed by atoms with Crippen LogP contribution in [0.4, 0.5) is 0 Å². The highest BCUT2D eigenvalue weighted by Gasteiger charge is 2.22. The van der Waals surface area contributed by atoms with Crippen molar-refractivity contribution in [2.75, 3.05) is 0 Å². The van der Waals surface area contributed by atoms with Crippen molar-refractivity contribution in [3.05, 3.63) is 45.8 Å². The van der Waals surface area contributed by atoms with Crippen molar-refractivity contribution in [2.24, 2.45) is 0 Å². The second kappa shape index (κ2) is 5.68. The van der Waals surface area contributed by atoms with E-state index in [1.807, 2.05) is 13.8 Å². The van der Waals surface area contributed by atoms with Crippen molar-refractivity contribution in [3.63, 3.8) is 0 Å². The molecule has 0 amide bonds. The van der Waals surface area contributed by atoms with Crippen molar-refractivity contribution in [2.45, 2.75) is 47.1 Å². The van der Waals surface area contributed by atoms with Crippen LogP contribution in [0.3, 0.4) is 0 Å². The fraction of sp³-hybridized carbons (Fsp3) is 0.438. The Bertz CT molecular complexity index is 664. The minimum absolute atomic E-state index is 0.0485. The zero-order chi connectivity index (χ0) is 15.7. The number of aromatic nitrogens is 3. The Balaban J connectivity index is 2.48. The summed E-state index contributed by atoms with van der Waals surface area (Å²) >= 11 is 0. The molecule has 2 rings (SSSR count). The van der Waals surface area contributed by atoms with E-state index in [-0.39, 0.29) is 11.6 Å². The molecule has 0 aliphatic carbocycles. The molecule has 1 heterocycles. The van der Waals surface area contributed by atoms with Crippen LogP contribution in [0, 0.1) is 20.8 Å². The van der Waals surface area contributed by atoms with E-state index < -0.39 is 5.97 Å². The Morgan fingerprint density at radius 1 is 1.24 bits per heavy atom. The summed E-state index contributed by atoms with van der Waals surface area (Å²) in [6.07, 6.45) is 0. The summed E-state index contributed by atoms with van der Waals surface area (Å²) in [5.41, 5.74) is 5.49. The maximum Gasteiger partial charge on any atom is 0.358 e. The number of nitrogens with zero attached hydrogens (tertiary/aromatic N) is 3. The lowest BCUT2D eigenvalue weighted by Crippen LogP contribution is -2.12. The van der Waals surface area contributed by atoms with Gasteiger partial charge in [0.15, 0.2) is 5.69 Å². The van der Waals surface area contributed by atoms with E-state index in [4.69, 9.17) is 0 Å². The van der Waals surface area contributed by atoms with Gasteiger partial charge in [-0.3, -0.25) is 0 Å². The number of rotatable bonds is 4. The number of carboxylic acids is 1. The molecule has 0 radical (unpaired) electrons. The summed E-state index contributed by atoms with van der Waals surface area (Å²) in [5.74, 6) is -0.973. The fourth-order valence-electron chi connectivity index (χ4n) is 2.77. The summed E-state index contributed by atoms with van der Waals surface area (Å²) in [6.45, 7) is 10.7. The van der Waals surface area contributed by atoms with Gasteiger partial charge in [-0.15, -0.1) is 5.10 Å². The third kappa shape index (κ3) is 2.96. The molecule has 0 aliphatic rings.